The molecule has 764 valence electrons. The highest BCUT2D eigenvalue weighted by Crippen LogP contribution is 2.46. The second-order valence-electron chi connectivity index (χ2n) is 36.7. The van der Waals surface area contributed by atoms with Gasteiger partial charge in [-0.1, -0.05) is 249 Å². The molecule has 12 aromatic rings. The number of ether oxygens (including phenoxy) is 8. The number of fused-ring (bicyclic) bond motifs is 4. The molecule has 0 spiro atoms. The van der Waals surface area contributed by atoms with Crippen LogP contribution < -0.4 is 20.7 Å². The summed E-state index contributed by atoms with van der Waals surface area (Å²) < 4.78 is 73.2. The zero-order chi connectivity index (χ0) is 101. The zero-order valence-corrected chi connectivity index (χ0v) is 92.9. The molecule has 16 atom stereocenters. The van der Waals surface area contributed by atoms with Gasteiger partial charge in [-0.25, -0.2) is 79.8 Å². The molecule has 4 unspecified atom stereocenters. The molecule has 46 heteroatoms. The molecule has 0 radical (unpaired) electrons. The van der Waals surface area contributed by atoms with Crippen molar-refractivity contribution in [2.24, 2.45) is 20.0 Å². The van der Waals surface area contributed by atoms with E-state index in [0.29, 0.717) is 107 Å². The fraction of sp³-hybridized carbons (Fsp3) is 0.500. The third kappa shape index (κ3) is 27.6. The molecule has 16 rings (SSSR count). The van der Waals surface area contributed by atoms with Crippen molar-refractivity contribution in [3.63, 3.8) is 0 Å². The summed E-state index contributed by atoms with van der Waals surface area (Å²) in [4.78, 5) is 78.1. The van der Waals surface area contributed by atoms with Gasteiger partial charge in [-0.3, -0.25) is 18.3 Å². The van der Waals surface area contributed by atoms with Gasteiger partial charge >= 0.3 is 0 Å². The van der Waals surface area contributed by atoms with Crippen LogP contribution in [0.2, 0.25) is 10.1 Å². The normalized spacial score (nSPS) is 21.6. The number of aliphatic hydroxyl groups is 2. The van der Waals surface area contributed by atoms with Gasteiger partial charge in [-0.05, 0) is 83.5 Å². The van der Waals surface area contributed by atoms with Crippen molar-refractivity contribution in [2.45, 2.75) is 200 Å². The molecule has 142 heavy (non-hydrogen) atoms. The first-order valence-corrected chi connectivity index (χ1v) is 60.9. The highest BCUT2D eigenvalue weighted by atomic mass is 33.1. The molecular formula is C96H132N24O12S8Si2. The Balaban J connectivity index is 0.000000163. The quantitative estimate of drug-likeness (QED) is 0.0118. The van der Waals surface area contributed by atoms with Gasteiger partial charge < -0.3 is 76.6 Å². The van der Waals surface area contributed by atoms with Gasteiger partial charge in [0.05, 0.1) is 102 Å². The molecule has 2 N–H and O–H groups in total. The number of imidazole rings is 4. The van der Waals surface area contributed by atoms with E-state index in [9.17, 15) is 10.2 Å². The second-order valence-corrected chi connectivity index (χ2v) is 56.4. The summed E-state index contributed by atoms with van der Waals surface area (Å²) in [6, 6.07) is 42.8. The minimum atomic E-state index is -2.76. The number of nitrogens with zero attached hydrogens (tertiary/aromatic N) is 24. The minimum absolute atomic E-state index is 0.00947. The molecule has 4 aliphatic rings. The predicted molar refractivity (Wildman–Crippen MR) is 586 cm³/mol. The van der Waals surface area contributed by atoms with Gasteiger partial charge in [0.25, 0.3) is 16.6 Å². The molecule has 36 nitrogen and oxygen atoms in total. The number of aliphatic imine (C=N–C) groups is 4. The van der Waals surface area contributed by atoms with Crippen LogP contribution in [0.25, 0.3) is 44.7 Å². The third-order valence-corrected chi connectivity index (χ3v) is 41.3. The fourth-order valence-corrected chi connectivity index (χ4v) is 32.3. The summed E-state index contributed by atoms with van der Waals surface area (Å²) in [7, 11) is 23.1. The molecule has 8 aromatic heterocycles. The summed E-state index contributed by atoms with van der Waals surface area (Å²) in [5.74, 6) is 2.04. The van der Waals surface area contributed by atoms with Crippen LogP contribution in [0.15, 0.2) is 192 Å². The van der Waals surface area contributed by atoms with Gasteiger partial charge in [0.1, 0.15) is 96.4 Å². The summed E-state index contributed by atoms with van der Waals surface area (Å²) in [5, 5.41) is 24.0. The van der Waals surface area contributed by atoms with E-state index in [-0.39, 0.29) is 119 Å². The lowest BCUT2D eigenvalue weighted by Gasteiger charge is -2.43. The molecule has 4 aromatic carbocycles. The van der Waals surface area contributed by atoms with Crippen molar-refractivity contribution in [1.82, 2.24) is 97.7 Å². The summed E-state index contributed by atoms with van der Waals surface area (Å²) in [6.07, 6.45) is 26.9. The fourth-order valence-electron chi connectivity index (χ4n) is 17.5. The number of hydrogen-bond donors (Lipinski definition) is 2. The van der Waals surface area contributed by atoms with Crippen LogP contribution in [0.5, 0.6) is 0 Å². The molecule has 0 saturated carbocycles. The molecule has 0 bridgehead atoms. The maximum atomic E-state index is 9.68. The van der Waals surface area contributed by atoms with Crippen LogP contribution in [0, 0.1) is 0 Å². The van der Waals surface area contributed by atoms with Crippen LogP contribution in [0.3, 0.4) is 0 Å². The number of aliphatic hydroxyl groups excluding tert-OH is 2. The second kappa shape index (κ2) is 52.4. The molecule has 4 saturated heterocycles. The Kier molecular flexibility index (Phi) is 40.9. The lowest BCUT2D eigenvalue weighted by Crippen LogP contribution is -2.67. The van der Waals surface area contributed by atoms with E-state index in [1.807, 2.05) is 121 Å². The predicted octanol–water partition coefficient (Wildman–Crippen LogP) is 15.4. The summed E-state index contributed by atoms with van der Waals surface area (Å²) in [5.41, 5.74) is 5.11. The van der Waals surface area contributed by atoms with Crippen molar-refractivity contribution in [1.29, 1.82) is 0 Å². The monoisotopic (exact) mass is 2120 g/mol. The number of aromatic nitrogens is 16. The Hall–Kier alpha value is -8.29. The molecule has 0 aliphatic carbocycles. The Labute approximate surface area is 865 Å². The van der Waals surface area contributed by atoms with Gasteiger partial charge in [-0.2, -0.15) is 0 Å². The summed E-state index contributed by atoms with van der Waals surface area (Å²) >= 11 is 0. The smallest absolute Gasteiger partial charge is 0.261 e. The topological polar surface area (TPSA) is 370 Å². The van der Waals surface area contributed by atoms with Gasteiger partial charge in [0.2, 0.25) is 0 Å². The van der Waals surface area contributed by atoms with Crippen molar-refractivity contribution in [3.8, 4) is 0 Å². The molecule has 0 amide bonds. The van der Waals surface area contributed by atoms with Gasteiger partial charge in [0.15, 0.2) is 67.9 Å². The first-order valence-electron chi connectivity index (χ1n) is 46.6. The van der Waals surface area contributed by atoms with Crippen LogP contribution in [0.1, 0.15) is 120 Å². The largest absolute Gasteiger partial charge is 0.405 e. The van der Waals surface area contributed by atoms with Gasteiger partial charge in [0, 0.05) is 82.1 Å². The Morgan fingerprint density at radius 2 is 0.570 bits per heavy atom. The van der Waals surface area contributed by atoms with E-state index >= 15 is 0 Å². The van der Waals surface area contributed by atoms with E-state index in [1.54, 1.807) is 137 Å². The van der Waals surface area contributed by atoms with E-state index in [4.69, 9.17) is 46.7 Å². The van der Waals surface area contributed by atoms with Crippen molar-refractivity contribution >= 4 is 217 Å². The maximum absolute atomic E-state index is 9.68. The Morgan fingerprint density at radius 1 is 0.352 bits per heavy atom. The highest BCUT2D eigenvalue weighted by Gasteiger charge is 2.54. The van der Waals surface area contributed by atoms with Gasteiger partial charge in [-0.15, -0.1) is 0 Å². The van der Waals surface area contributed by atoms with E-state index in [2.05, 4.69) is 269 Å². The third-order valence-electron chi connectivity index (χ3n) is 23.5. The SMILES string of the molecule is CSS[C@@H](C)OC1C[C@H](n2cnc3c(N=CN(C)C)ncnc32)O[C@@H]1CO.CSS[C@@H](C)OC1C[C@H](n2cnc3c(N=CN(C)C)ncnc32)O[C@@H]1CO[Si](c1ccccc1)(c1ccccc1)C(C)(C)C.CSS[C@H](C)OC1C[C@H](n2cnc3c(N=CN(C)C)ncnc32)O[C@@H]1CO.CSS[C@H](C)OC1C[C@H](n2cnc3c(N=CN(C)C)ncnc32)O[C@@H]1CO[Si](c1ccccc1)(c1ccccc1)C(C)(C)C. The van der Waals surface area contributed by atoms with Crippen LogP contribution in [-0.4, -0.2) is 328 Å². The Bertz CT molecular complexity index is 5610. The first-order chi connectivity index (χ1) is 68.3. The van der Waals surface area contributed by atoms with Crippen LogP contribution >= 0.6 is 86.4 Å². The van der Waals surface area contributed by atoms with Crippen molar-refractivity contribution < 1.29 is 57.0 Å². The number of rotatable bonds is 40. The van der Waals surface area contributed by atoms with E-state index < -0.39 is 16.6 Å². The maximum Gasteiger partial charge on any atom is 0.261 e. The lowest BCUT2D eigenvalue weighted by molar-refractivity contribution is -0.0628. The molecule has 4 aliphatic heterocycles. The van der Waals surface area contributed by atoms with E-state index in [0.717, 1.165) is 0 Å². The Morgan fingerprint density at radius 3 is 0.775 bits per heavy atom. The standard InChI is InChI=1S/2C32H42N6O3S2Si.2C16H24N6O3S2/c2*1-23(43-42-7)40-26-18-28(38-22-35-29-30(36-21-37(5)6)33-20-34-31(29)38)41-27(26)19-39-44(32(2,3)4,24-14-10-8-11-15-24)25-16-12-9-13-17-25;2*1-10(27-26-4)24-11-5-13(25-12(11)6-23)22-9-19-14-15(20-8-21(2)3)17-7-18-16(14)22/h2*8-17,20-23,26-28H,18-19H2,1-7H3;2*7-13,23H,5-6H2,1-4H3/t23-,26?,27+,28+;23-,26?,27-,28-;10-,11?,12+,13+;10-,11?,12-,13-/m0101/s1. The molecular weight excluding hydrogens is 1990 g/mol. The first kappa shape index (κ1) is 111. The number of hydrogen-bond acceptors (Lipinski definition) is 36. The minimum Gasteiger partial charge on any atom is -0.405 e. The molecule has 12 heterocycles. The average Bonchev–Trinajstić information content (AvgIpc) is 1.35. The molecule has 4 fully saturated rings. The van der Waals surface area contributed by atoms with Crippen LogP contribution in [0.4, 0.5) is 23.3 Å². The van der Waals surface area contributed by atoms with E-state index in [1.165, 1.54) is 46.1 Å². The zero-order valence-electron chi connectivity index (χ0n) is 84.3. The summed E-state index contributed by atoms with van der Waals surface area (Å²) in [6.45, 7) is 22.5. The highest BCUT2D eigenvalue weighted by molar-refractivity contribution is 8.77. The van der Waals surface area contributed by atoms with Crippen LogP contribution in [-0.2, 0) is 46.7 Å². The van der Waals surface area contributed by atoms with Crippen molar-refractivity contribution in [2.75, 3.05) is 108 Å². The average molecular weight is 2130 g/mol. The number of benzene rings is 4. The lowest BCUT2D eigenvalue weighted by atomic mass is 10.2. The van der Waals surface area contributed by atoms with Crippen molar-refractivity contribution in [3.05, 3.63) is 172 Å².